The Kier molecular flexibility index (Phi) is 6.79. The summed E-state index contributed by atoms with van der Waals surface area (Å²) in [6.07, 6.45) is 2.67. The zero-order valence-electron chi connectivity index (χ0n) is 14.7. The van der Waals surface area contributed by atoms with Gasteiger partial charge in [0.1, 0.15) is 0 Å². The van der Waals surface area contributed by atoms with Gasteiger partial charge >= 0.3 is 0 Å². The number of ether oxygens (including phenoxy) is 1. The minimum atomic E-state index is 0.593. The fourth-order valence-electron chi connectivity index (χ4n) is 2.04. The second-order valence-corrected chi connectivity index (χ2v) is 6.64. The zero-order valence-corrected chi connectivity index (χ0v) is 16.3. The van der Waals surface area contributed by atoms with Gasteiger partial charge < -0.3 is 9.64 Å². The normalized spacial score (nSPS) is 11.0. The highest BCUT2D eigenvalue weighted by Gasteiger charge is 2.08. The van der Waals surface area contributed by atoms with Crippen molar-refractivity contribution >= 4 is 28.0 Å². The Hall–Kier alpha value is -1.88. The molecule has 0 fully saturated rings. The van der Waals surface area contributed by atoms with Crippen molar-refractivity contribution in [2.75, 3.05) is 20.2 Å². The maximum absolute atomic E-state index is 5.83. The second kappa shape index (κ2) is 8.83. The number of aryl methyl sites for hydroxylation is 2. The highest BCUT2D eigenvalue weighted by Crippen LogP contribution is 2.29. The lowest BCUT2D eigenvalue weighted by atomic mass is 10.1. The van der Waals surface area contributed by atoms with Gasteiger partial charge in [0.15, 0.2) is 0 Å². The Morgan fingerprint density at radius 2 is 1.96 bits per heavy atom. The summed E-state index contributed by atoms with van der Waals surface area (Å²) in [5.41, 5.74) is 4.22. The van der Waals surface area contributed by atoms with Crippen molar-refractivity contribution in [1.82, 2.24) is 9.88 Å². The van der Waals surface area contributed by atoms with Crippen LogP contribution in [0.25, 0.3) is 0 Å². The minimum Gasteiger partial charge on any atom is -0.477 e. The predicted octanol–water partition coefficient (Wildman–Crippen LogP) is 4.69. The number of halogens is 1. The summed E-state index contributed by atoms with van der Waals surface area (Å²) in [7, 11) is 1.99. The fraction of sp³-hybridized carbons (Fsp3) is 0.368. The minimum absolute atomic E-state index is 0.593. The van der Waals surface area contributed by atoms with Crippen molar-refractivity contribution in [3.05, 3.63) is 51.6 Å². The quantitative estimate of drug-likeness (QED) is 0.508. The van der Waals surface area contributed by atoms with Gasteiger partial charge in [-0.15, -0.1) is 0 Å². The Morgan fingerprint density at radius 3 is 2.62 bits per heavy atom. The van der Waals surface area contributed by atoms with E-state index in [1.165, 1.54) is 11.1 Å². The Morgan fingerprint density at radius 1 is 1.25 bits per heavy atom. The second-order valence-electron chi connectivity index (χ2n) is 5.78. The van der Waals surface area contributed by atoms with Crippen LogP contribution in [0.2, 0.25) is 0 Å². The molecule has 0 aliphatic heterocycles. The smallest absolute Gasteiger partial charge is 0.228 e. The van der Waals surface area contributed by atoms with E-state index in [9.17, 15) is 0 Å². The van der Waals surface area contributed by atoms with Crippen LogP contribution in [0, 0.1) is 13.8 Å². The monoisotopic (exact) mass is 389 g/mol. The van der Waals surface area contributed by atoms with Crippen molar-refractivity contribution in [1.29, 1.82) is 0 Å². The molecule has 0 unspecified atom stereocenters. The molecule has 0 saturated carbocycles. The first-order valence-electron chi connectivity index (χ1n) is 8.09. The Bertz CT molecular complexity index is 699. The molecule has 0 aliphatic carbocycles. The molecule has 0 atom stereocenters. The molecule has 0 aliphatic rings. The molecule has 4 nitrogen and oxygen atoms in total. The summed E-state index contributed by atoms with van der Waals surface area (Å²) in [5, 5.41) is 0. The van der Waals surface area contributed by atoms with Crippen LogP contribution in [-0.2, 0) is 6.42 Å². The van der Waals surface area contributed by atoms with E-state index in [4.69, 9.17) is 4.74 Å². The van der Waals surface area contributed by atoms with Gasteiger partial charge in [0, 0.05) is 20.0 Å². The third-order valence-corrected chi connectivity index (χ3v) is 4.32. The molecular formula is C19H24BrN3O. The van der Waals surface area contributed by atoms with Crippen LogP contribution >= 0.6 is 15.9 Å². The Balaban J connectivity index is 1.99. The summed E-state index contributed by atoms with van der Waals surface area (Å²) in [6, 6.07) is 10.5. The van der Waals surface area contributed by atoms with Crippen LogP contribution in [0.3, 0.4) is 0 Å². The van der Waals surface area contributed by atoms with Gasteiger partial charge in [-0.25, -0.2) is 9.98 Å². The van der Waals surface area contributed by atoms with E-state index in [1.54, 1.807) is 0 Å². The van der Waals surface area contributed by atoms with Crippen molar-refractivity contribution in [2.24, 2.45) is 4.99 Å². The number of pyridine rings is 1. The SMILES string of the molecule is CCN(C)/C=N/c1cc(Br)c(OCCc2ccc(C)cc2)nc1C. The number of aromatic nitrogens is 1. The highest BCUT2D eigenvalue weighted by molar-refractivity contribution is 9.10. The van der Waals surface area contributed by atoms with Gasteiger partial charge in [-0.2, -0.15) is 0 Å². The predicted molar refractivity (Wildman–Crippen MR) is 104 cm³/mol. The van der Waals surface area contributed by atoms with Gasteiger partial charge in [-0.1, -0.05) is 29.8 Å². The molecule has 0 spiro atoms. The highest BCUT2D eigenvalue weighted by atomic mass is 79.9. The number of hydrogen-bond donors (Lipinski definition) is 0. The molecule has 128 valence electrons. The van der Waals surface area contributed by atoms with Crippen LogP contribution in [0.4, 0.5) is 5.69 Å². The summed E-state index contributed by atoms with van der Waals surface area (Å²) >= 11 is 3.53. The van der Waals surface area contributed by atoms with E-state index in [1.807, 2.05) is 31.3 Å². The number of benzene rings is 1. The lowest BCUT2D eigenvalue weighted by molar-refractivity contribution is 0.307. The first-order chi connectivity index (χ1) is 11.5. The standard InChI is InChI=1S/C19H24BrN3O/c1-5-23(4)13-21-18-12-17(20)19(22-15(18)3)24-11-10-16-8-6-14(2)7-9-16/h6-9,12-13H,5,10-11H2,1-4H3/b21-13+. The zero-order chi connectivity index (χ0) is 17.5. The molecule has 24 heavy (non-hydrogen) atoms. The third-order valence-electron chi connectivity index (χ3n) is 3.75. The van der Waals surface area contributed by atoms with Crippen molar-refractivity contribution in [2.45, 2.75) is 27.2 Å². The van der Waals surface area contributed by atoms with Gasteiger partial charge in [0.25, 0.3) is 0 Å². The van der Waals surface area contributed by atoms with Crippen LogP contribution in [0.5, 0.6) is 5.88 Å². The van der Waals surface area contributed by atoms with Gasteiger partial charge in [0.05, 0.1) is 28.8 Å². The number of aliphatic imine (C=N–C) groups is 1. The van der Waals surface area contributed by atoms with E-state index in [-0.39, 0.29) is 0 Å². The van der Waals surface area contributed by atoms with E-state index in [2.05, 4.69) is 64.0 Å². The van der Waals surface area contributed by atoms with Crippen molar-refractivity contribution in [3.63, 3.8) is 0 Å². The third kappa shape index (κ3) is 5.34. The van der Waals surface area contributed by atoms with Gasteiger partial charge in [-0.3, -0.25) is 0 Å². The number of nitrogens with zero attached hydrogens (tertiary/aromatic N) is 3. The van der Waals surface area contributed by atoms with Crippen LogP contribution < -0.4 is 4.74 Å². The van der Waals surface area contributed by atoms with Gasteiger partial charge in [0.2, 0.25) is 5.88 Å². The topological polar surface area (TPSA) is 37.7 Å². The van der Waals surface area contributed by atoms with Crippen molar-refractivity contribution in [3.8, 4) is 5.88 Å². The van der Waals surface area contributed by atoms with Crippen molar-refractivity contribution < 1.29 is 4.74 Å². The lowest BCUT2D eigenvalue weighted by Crippen LogP contribution is -2.14. The number of rotatable bonds is 7. The maximum Gasteiger partial charge on any atom is 0.228 e. The lowest BCUT2D eigenvalue weighted by Gasteiger charge is -2.11. The summed E-state index contributed by atoms with van der Waals surface area (Å²) in [6.45, 7) is 7.62. The number of hydrogen-bond acceptors (Lipinski definition) is 3. The van der Waals surface area contributed by atoms with Crippen LogP contribution in [0.1, 0.15) is 23.7 Å². The van der Waals surface area contributed by atoms with Crippen LogP contribution in [-0.4, -0.2) is 36.4 Å². The molecule has 1 aromatic heterocycles. The molecule has 1 aromatic carbocycles. The summed E-state index contributed by atoms with van der Waals surface area (Å²) < 4.78 is 6.66. The van der Waals surface area contributed by atoms with E-state index < -0.39 is 0 Å². The summed E-state index contributed by atoms with van der Waals surface area (Å²) in [5.74, 6) is 0.613. The first-order valence-corrected chi connectivity index (χ1v) is 8.88. The molecule has 0 amide bonds. The molecule has 5 heteroatoms. The average Bonchev–Trinajstić information content (AvgIpc) is 2.57. The maximum atomic E-state index is 5.83. The molecule has 1 heterocycles. The molecule has 2 rings (SSSR count). The van der Waals surface area contributed by atoms with E-state index in [0.717, 1.165) is 28.8 Å². The van der Waals surface area contributed by atoms with Gasteiger partial charge in [-0.05, 0) is 48.3 Å². The molecule has 0 saturated heterocycles. The first kappa shape index (κ1) is 18.5. The molecule has 0 bridgehead atoms. The summed E-state index contributed by atoms with van der Waals surface area (Å²) in [4.78, 5) is 11.0. The largest absolute Gasteiger partial charge is 0.477 e. The molecule has 2 aromatic rings. The average molecular weight is 390 g/mol. The Labute approximate surface area is 152 Å². The van der Waals surface area contributed by atoms with Crippen LogP contribution in [0.15, 0.2) is 39.8 Å². The van der Waals surface area contributed by atoms with E-state index in [0.29, 0.717) is 12.5 Å². The molecular weight excluding hydrogens is 366 g/mol. The fourth-order valence-corrected chi connectivity index (χ4v) is 2.46. The molecule has 0 radical (unpaired) electrons. The molecule has 0 N–H and O–H groups in total. The van der Waals surface area contributed by atoms with E-state index >= 15 is 0 Å².